The second-order valence-electron chi connectivity index (χ2n) is 7.31. The smallest absolute Gasteiger partial charge is 0.298 e. The van der Waals surface area contributed by atoms with Crippen LogP contribution >= 0.6 is 24.8 Å². The molecule has 2 atom stereocenters. The first kappa shape index (κ1) is 21.8. The van der Waals surface area contributed by atoms with Gasteiger partial charge in [0.05, 0.1) is 0 Å². The molecule has 0 bridgehead atoms. The van der Waals surface area contributed by atoms with E-state index < -0.39 is 0 Å². The van der Waals surface area contributed by atoms with E-state index in [1.165, 1.54) is 0 Å². The van der Waals surface area contributed by atoms with Crippen LogP contribution < -0.4 is 15.5 Å². The molecular weight excluding hydrogens is 387 g/mol. The maximum absolute atomic E-state index is 12.6. The molecule has 150 valence electrons. The van der Waals surface area contributed by atoms with E-state index in [9.17, 15) is 4.79 Å². The summed E-state index contributed by atoms with van der Waals surface area (Å²) in [5, 5.41) is 6.65. The molecule has 4 rings (SSSR count). The molecule has 27 heavy (non-hydrogen) atoms. The van der Waals surface area contributed by atoms with E-state index in [1.807, 2.05) is 24.3 Å². The number of amides is 1. The maximum atomic E-state index is 12.6. The Balaban J connectivity index is 0.00000131. The summed E-state index contributed by atoms with van der Waals surface area (Å²) in [6, 6.07) is 8.80. The SMILES string of the molecule is CC1CNCCC1NC(=O)C1CCN(c2nc3ccccc3o2)CC1.Cl.Cl. The molecule has 6 nitrogen and oxygen atoms in total. The number of rotatable bonds is 3. The van der Waals surface area contributed by atoms with E-state index in [0.29, 0.717) is 18.0 Å². The van der Waals surface area contributed by atoms with Gasteiger partial charge in [0.2, 0.25) is 5.91 Å². The summed E-state index contributed by atoms with van der Waals surface area (Å²) in [6.45, 7) is 5.80. The van der Waals surface area contributed by atoms with Crippen LogP contribution in [0, 0.1) is 11.8 Å². The summed E-state index contributed by atoms with van der Waals surface area (Å²) in [7, 11) is 0. The van der Waals surface area contributed by atoms with E-state index >= 15 is 0 Å². The highest BCUT2D eigenvalue weighted by Gasteiger charge is 2.30. The number of anilines is 1. The lowest BCUT2D eigenvalue weighted by atomic mass is 9.92. The lowest BCUT2D eigenvalue weighted by Crippen LogP contribution is -2.51. The van der Waals surface area contributed by atoms with Gasteiger partial charge < -0.3 is 20.0 Å². The lowest BCUT2D eigenvalue weighted by Gasteiger charge is -2.34. The highest BCUT2D eigenvalue weighted by Crippen LogP contribution is 2.26. The standard InChI is InChI=1S/C19H26N4O2.2ClH/c1-13-12-20-9-6-15(13)21-18(24)14-7-10-23(11-8-14)19-22-16-4-2-3-5-17(16)25-19;;/h2-5,13-15,20H,6-12H2,1H3,(H,21,24);2*1H. The summed E-state index contributed by atoms with van der Waals surface area (Å²) in [4.78, 5) is 19.3. The molecule has 2 aliphatic heterocycles. The third-order valence-electron chi connectivity index (χ3n) is 5.53. The Morgan fingerprint density at radius 2 is 1.96 bits per heavy atom. The Bertz CT molecular complexity index is 713. The third kappa shape index (κ3) is 4.86. The molecule has 1 aromatic heterocycles. The number of hydrogen-bond acceptors (Lipinski definition) is 5. The molecular formula is C19H28Cl2N4O2. The minimum absolute atomic E-state index is 0. The average molecular weight is 415 g/mol. The molecule has 1 aromatic carbocycles. The van der Waals surface area contributed by atoms with Crippen molar-refractivity contribution >= 4 is 47.8 Å². The van der Waals surface area contributed by atoms with Crippen LogP contribution in [0.5, 0.6) is 0 Å². The van der Waals surface area contributed by atoms with Crippen LogP contribution in [0.2, 0.25) is 0 Å². The Hall–Kier alpha value is -1.50. The van der Waals surface area contributed by atoms with Crippen molar-refractivity contribution < 1.29 is 9.21 Å². The number of benzene rings is 1. The van der Waals surface area contributed by atoms with Crippen LogP contribution in [0.4, 0.5) is 6.01 Å². The normalized spacial score (nSPS) is 23.4. The topological polar surface area (TPSA) is 70.4 Å². The quantitative estimate of drug-likeness (QED) is 0.807. The molecule has 8 heteroatoms. The fourth-order valence-electron chi connectivity index (χ4n) is 3.86. The molecule has 2 aliphatic rings. The van der Waals surface area contributed by atoms with Gasteiger partial charge in [-0.1, -0.05) is 19.1 Å². The third-order valence-corrected chi connectivity index (χ3v) is 5.53. The summed E-state index contributed by atoms with van der Waals surface area (Å²) in [6.07, 6.45) is 2.72. The van der Waals surface area contributed by atoms with Crippen LogP contribution in [0.25, 0.3) is 11.1 Å². The van der Waals surface area contributed by atoms with Crippen LogP contribution in [0.15, 0.2) is 28.7 Å². The number of carbonyl (C=O) groups excluding carboxylic acids is 1. The largest absolute Gasteiger partial charge is 0.423 e. The van der Waals surface area contributed by atoms with Gasteiger partial charge >= 0.3 is 0 Å². The second-order valence-corrected chi connectivity index (χ2v) is 7.31. The van der Waals surface area contributed by atoms with Crippen molar-refractivity contribution in [2.45, 2.75) is 32.2 Å². The zero-order valence-corrected chi connectivity index (χ0v) is 17.2. The summed E-state index contributed by atoms with van der Waals surface area (Å²) >= 11 is 0. The molecule has 2 saturated heterocycles. The molecule has 3 heterocycles. The van der Waals surface area contributed by atoms with Gasteiger partial charge in [-0.2, -0.15) is 4.98 Å². The Kier molecular flexibility index (Phi) is 7.77. The molecule has 2 fully saturated rings. The van der Waals surface area contributed by atoms with Crippen LogP contribution in [0.1, 0.15) is 26.2 Å². The van der Waals surface area contributed by atoms with Gasteiger partial charge in [0.1, 0.15) is 5.52 Å². The summed E-state index contributed by atoms with van der Waals surface area (Å²) in [5.41, 5.74) is 1.70. The number of nitrogens with one attached hydrogen (secondary N) is 2. The Labute approximate surface area is 172 Å². The highest BCUT2D eigenvalue weighted by atomic mass is 35.5. The molecule has 0 radical (unpaired) electrons. The van der Waals surface area contributed by atoms with E-state index in [1.54, 1.807) is 0 Å². The summed E-state index contributed by atoms with van der Waals surface area (Å²) in [5.74, 6) is 0.816. The number of nitrogens with zero attached hydrogens (tertiary/aromatic N) is 2. The number of para-hydroxylation sites is 2. The number of halogens is 2. The number of fused-ring (bicyclic) bond motifs is 1. The minimum Gasteiger partial charge on any atom is -0.423 e. The van der Waals surface area contributed by atoms with Crippen LogP contribution in [-0.2, 0) is 4.79 Å². The first-order valence-corrected chi connectivity index (χ1v) is 9.32. The fraction of sp³-hybridized carbons (Fsp3) is 0.579. The lowest BCUT2D eigenvalue weighted by molar-refractivity contribution is -0.126. The number of piperidine rings is 2. The number of hydrogen-bond donors (Lipinski definition) is 2. The molecule has 2 N–H and O–H groups in total. The number of aromatic nitrogens is 1. The highest BCUT2D eigenvalue weighted by molar-refractivity contribution is 5.85. The van der Waals surface area contributed by atoms with Crippen molar-refractivity contribution in [2.24, 2.45) is 11.8 Å². The van der Waals surface area contributed by atoms with E-state index in [0.717, 1.165) is 56.5 Å². The monoisotopic (exact) mass is 414 g/mol. The maximum Gasteiger partial charge on any atom is 0.298 e. The van der Waals surface area contributed by atoms with Gasteiger partial charge in [-0.25, -0.2) is 0 Å². The zero-order valence-electron chi connectivity index (χ0n) is 15.5. The molecule has 2 unspecified atom stereocenters. The molecule has 0 aliphatic carbocycles. The Morgan fingerprint density at radius 1 is 1.22 bits per heavy atom. The van der Waals surface area contributed by atoms with Gasteiger partial charge in [0.15, 0.2) is 5.58 Å². The molecule has 2 aromatic rings. The van der Waals surface area contributed by atoms with Crippen LogP contribution in [-0.4, -0.2) is 43.1 Å². The van der Waals surface area contributed by atoms with Gasteiger partial charge in [0, 0.05) is 25.0 Å². The van der Waals surface area contributed by atoms with Crippen molar-refractivity contribution in [3.05, 3.63) is 24.3 Å². The molecule has 1 amide bonds. The summed E-state index contributed by atoms with van der Waals surface area (Å²) < 4.78 is 5.85. The predicted molar refractivity (Wildman–Crippen MR) is 112 cm³/mol. The Morgan fingerprint density at radius 3 is 2.67 bits per heavy atom. The van der Waals surface area contributed by atoms with E-state index in [2.05, 4.69) is 27.4 Å². The van der Waals surface area contributed by atoms with E-state index in [-0.39, 0.29) is 36.6 Å². The predicted octanol–water partition coefficient (Wildman–Crippen LogP) is 3.00. The first-order chi connectivity index (χ1) is 12.2. The van der Waals surface area contributed by atoms with Gasteiger partial charge in [-0.15, -0.1) is 24.8 Å². The van der Waals surface area contributed by atoms with Crippen molar-refractivity contribution in [1.82, 2.24) is 15.6 Å². The van der Waals surface area contributed by atoms with Crippen LogP contribution in [0.3, 0.4) is 0 Å². The van der Waals surface area contributed by atoms with Crippen molar-refractivity contribution in [1.29, 1.82) is 0 Å². The average Bonchev–Trinajstić information content (AvgIpc) is 3.08. The fourth-order valence-corrected chi connectivity index (χ4v) is 3.86. The van der Waals surface area contributed by atoms with Crippen molar-refractivity contribution in [3.63, 3.8) is 0 Å². The van der Waals surface area contributed by atoms with Gasteiger partial charge in [-0.3, -0.25) is 4.79 Å². The number of carbonyl (C=O) groups is 1. The van der Waals surface area contributed by atoms with E-state index in [4.69, 9.17) is 4.42 Å². The van der Waals surface area contributed by atoms with Crippen molar-refractivity contribution in [3.8, 4) is 0 Å². The van der Waals surface area contributed by atoms with Gasteiger partial charge in [0.25, 0.3) is 6.01 Å². The first-order valence-electron chi connectivity index (χ1n) is 9.32. The van der Waals surface area contributed by atoms with Crippen molar-refractivity contribution in [2.75, 3.05) is 31.1 Å². The zero-order chi connectivity index (χ0) is 17.2. The second kappa shape index (κ2) is 9.62. The molecule has 0 spiro atoms. The minimum atomic E-state index is 0. The number of oxazole rings is 1. The van der Waals surface area contributed by atoms with Gasteiger partial charge in [-0.05, 0) is 50.4 Å². The molecule has 0 saturated carbocycles.